The molecule has 0 rings (SSSR count). The molecule has 0 spiro atoms. The third-order valence-electron chi connectivity index (χ3n) is 4.37. The summed E-state index contributed by atoms with van der Waals surface area (Å²) in [4.78, 5) is 46.6. The lowest BCUT2D eigenvalue weighted by molar-refractivity contribution is -0.129. The molecule has 0 radical (unpaired) electrons. The highest BCUT2D eigenvalue weighted by Crippen LogP contribution is 2.02. The van der Waals surface area contributed by atoms with Crippen LogP contribution in [0.5, 0.6) is 0 Å². The topological polar surface area (TPSA) is 142 Å². The number of urea groups is 1. The minimum atomic E-state index is -0.635. The van der Waals surface area contributed by atoms with Gasteiger partial charge in [-0.15, -0.1) is 0 Å². The number of alkyl halides is 2. The van der Waals surface area contributed by atoms with Gasteiger partial charge in [0.1, 0.15) is 0 Å². The third-order valence-corrected chi connectivity index (χ3v) is 5.94. The first-order chi connectivity index (χ1) is 14.3. The van der Waals surface area contributed by atoms with Crippen LogP contribution in [0, 0.1) is 0 Å². The first-order valence-corrected chi connectivity index (χ1v) is 12.6. The Balaban J connectivity index is 4.01. The van der Waals surface area contributed by atoms with Gasteiger partial charge < -0.3 is 27.0 Å². The van der Waals surface area contributed by atoms with Crippen LogP contribution in [0.3, 0.4) is 0 Å². The number of primary amides is 1. The number of carbonyl (C=O) groups excluding carboxylic acids is 4. The Morgan fingerprint density at radius 2 is 1.60 bits per heavy atom. The highest BCUT2D eigenvalue weighted by atomic mass is 79.9. The summed E-state index contributed by atoms with van der Waals surface area (Å²) >= 11 is 6.88. The van der Waals surface area contributed by atoms with Gasteiger partial charge in [-0.3, -0.25) is 14.4 Å². The number of Topliss-reactive ketones (excluding diaryl/α,β-unsaturated/α-hetero) is 1. The van der Waals surface area contributed by atoms with Crippen LogP contribution in [-0.4, -0.2) is 66.0 Å². The van der Waals surface area contributed by atoms with E-state index in [4.69, 9.17) is 5.73 Å². The van der Waals surface area contributed by atoms with E-state index in [1.165, 1.54) is 0 Å². The molecule has 0 aliphatic rings. The van der Waals surface area contributed by atoms with Crippen LogP contribution in [-0.2, 0) is 14.4 Å². The molecule has 0 fully saturated rings. The van der Waals surface area contributed by atoms with Crippen LogP contribution in [0.25, 0.3) is 0 Å². The minimum absolute atomic E-state index is 0.0931. The molecule has 30 heavy (non-hydrogen) atoms. The van der Waals surface area contributed by atoms with Gasteiger partial charge in [-0.1, -0.05) is 45.2 Å². The normalized spacial score (nSPS) is 11.7. The summed E-state index contributed by atoms with van der Waals surface area (Å²) in [7, 11) is 0. The average Bonchev–Trinajstić information content (AvgIpc) is 2.73. The monoisotopic (exact) mass is 555 g/mol. The van der Waals surface area contributed by atoms with Crippen molar-refractivity contribution in [3.63, 3.8) is 0 Å². The number of hydrogen-bond acceptors (Lipinski definition) is 5. The Morgan fingerprint density at radius 1 is 0.900 bits per heavy atom. The van der Waals surface area contributed by atoms with E-state index in [-0.39, 0.29) is 18.2 Å². The van der Waals surface area contributed by atoms with E-state index in [1.54, 1.807) is 6.92 Å². The second-order valence-corrected chi connectivity index (χ2v) is 8.22. The molecule has 0 bridgehead atoms. The number of nitrogens with two attached hydrogens (primary N) is 1. The number of halogens is 2. The molecule has 0 heterocycles. The van der Waals surface area contributed by atoms with Gasteiger partial charge >= 0.3 is 6.03 Å². The molecule has 0 aromatic carbocycles. The van der Waals surface area contributed by atoms with Crippen molar-refractivity contribution in [2.75, 3.05) is 30.3 Å². The number of amides is 4. The maximum atomic E-state index is 12.1. The largest absolute Gasteiger partial charge is 0.352 e. The number of unbranched alkanes of at least 4 members (excludes halogenated alkanes) is 2. The van der Waals surface area contributed by atoms with Crippen molar-refractivity contribution in [1.82, 2.24) is 21.3 Å². The quantitative estimate of drug-likeness (QED) is 0.128. The predicted molar refractivity (Wildman–Crippen MR) is 125 cm³/mol. The van der Waals surface area contributed by atoms with Gasteiger partial charge in [-0.2, -0.15) is 0 Å². The molecule has 0 aromatic heterocycles. The Kier molecular flexibility index (Phi) is 17.8. The summed E-state index contributed by atoms with van der Waals surface area (Å²) in [6.07, 6.45) is 4.22. The Bertz CT molecular complexity index is 533. The molecule has 0 saturated heterocycles. The number of rotatable bonds is 18. The fraction of sp³-hybridized carbons (Fsp3) is 0.789. The molecular weight excluding hydrogens is 522 g/mol. The summed E-state index contributed by atoms with van der Waals surface area (Å²) in [5.41, 5.74) is 4.99. The molecule has 0 aliphatic carbocycles. The number of hydrogen-bond donors (Lipinski definition) is 5. The van der Waals surface area contributed by atoms with E-state index < -0.39 is 18.0 Å². The van der Waals surface area contributed by atoms with Gasteiger partial charge in [0.2, 0.25) is 11.8 Å². The summed E-state index contributed by atoms with van der Waals surface area (Å²) in [6.45, 7) is 2.79. The van der Waals surface area contributed by atoms with Crippen molar-refractivity contribution >= 4 is 55.5 Å². The SMILES string of the molecule is CCC(=O)[C@H](CCCNC(N)=O)NC(=O)CNC(=O)CCCCCNC(CBr)CBr. The van der Waals surface area contributed by atoms with Crippen LogP contribution >= 0.6 is 31.9 Å². The summed E-state index contributed by atoms with van der Waals surface area (Å²) in [6, 6.07) is -0.863. The highest BCUT2D eigenvalue weighted by molar-refractivity contribution is 9.09. The van der Waals surface area contributed by atoms with E-state index in [0.717, 1.165) is 36.5 Å². The maximum absolute atomic E-state index is 12.1. The zero-order valence-corrected chi connectivity index (χ0v) is 20.8. The second-order valence-electron chi connectivity index (χ2n) is 6.92. The zero-order valence-electron chi connectivity index (χ0n) is 17.6. The molecule has 1 atom stereocenters. The summed E-state index contributed by atoms with van der Waals surface area (Å²) in [5.74, 6) is -0.678. The predicted octanol–water partition coefficient (Wildman–Crippen LogP) is 1.32. The first-order valence-electron chi connectivity index (χ1n) is 10.3. The summed E-state index contributed by atoms with van der Waals surface area (Å²) in [5, 5.41) is 12.9. The van der Waals surface area contributed by atoms with Crippen molar-refractivity contribution in [2.24, 2.45) is 5.73 Å². The lowest BCUT2D eigenvalue weighted by Gasteiger charge is -2.17. The molecule has 174 valence electrons. The molecule has 0 aliphatic heterocycles. The Hall–Kier alpha value is -1.20. The Morgan fingerprint density at radius 3 is 2.20 bits per heavy atom. The maximum Gasteiger partial charge on any atom is 0.312 e. The number of ketones is 1. The van der Waals surface area contributed by atoms with E-state index in [2.05, 4.69) is 53.1 Å². The van der Waals surface area contributed by atoms with Crippen molar-refractivity contribution in [3.05, 3.63) is 0 Å². The molecule has 9 nitrogen and oxygen atoms in total. The van der Waals surface area contributed by atoms with Crippen molar-refractivity contribution < 1.29 is 19.2 Å². The standard InChI is InChI=1S/C19H35Br2N5O4/c1-2-16(27)15(7-6-10-24-19(22)30)26-18(29)13-25-17(28)8-4-3-5-9-23-14(11-20)12-21/h14-15,23H,2-13H2,1H3,(H,25,28)(H,26,29)(H3,22,24,30)/t15-/m0/s1. The van der Waals surface area contributed by atoms with Crippen LogP contribution < -0.4 is 27.0 Å². The molecule has 0 aromatic rings. The fourth-order valence-electron chi connectivity index (χ4n) is 2.63. The lowest BCUT2D eigenvalue weighted by atomic mass is 10.0. The lowest BCUT2D eigenvalue weighted by Crippen LogP contribution is -2.45. The first kappa shape index (κ1) is 28.8. The van der Waals surface area contributed by atoms with E-state index in [1.807, 2.05) is 0 Å². The second kappa shape index (κ2) is 18.6. The molecule has 0 unspecified atom stereocenters. The molecule has 4 amide bonds. The molecule has 11 heteroatoms. The van der Waals surface area contributed by atoms with Crippen LogP contribution in [0.1, 0.15) is 51.9 Å². The van der Waals surface area contributed by atoms with Crippen molar-refractivity contribution in [2.45, 2.75) is 64.0 Å². The number of carbonyl (C=O) groups is 4. The average molecular weight is 557 g/mol. The van der Waals surface area contributed by atoms with Gasteiger partial charge in [0.15, 0.2) is 5.78 Å². The van der Waals surface area contributed by atoms with Gasteiger partial charge in [0.05, 0.1) is 12.6 Å². The van der Waals surface area contributed by atoms with Crippen molar-refractivity contribution in [1.29, 1.82) is 0 Å². The van der Waals surface area contributed by atoms with Crippen LogP contribution in [0.4, 0.5) is 4.79 Å². The minimum Gasteiger partial charge on any atom is -0.352 e. The van der Waals surface area contributed by atoms with Gasteiger partial charge in [0, 0.05) is 36.1 Å². The van der Waals surface area contributed by atoms with E-state index >= 15 is 0 Å². The molecular formula is C19H35Br2N5O4. The summed E-state index contributed by atoms with van der Waals surface area (Å²) < 4.78 is 0. The van der Waals surface area contributed by atoms with Gasteiger partial charge in [-0.05, 0) is 32.2 Å². The van der Waals surface area contributed by atoms with E-state index in [9.17, 15) is 19.2 Å². The van der Waals surface area contributed by atoms with Crippen molar-refractivity contribution in [3.8, 4) is 0 Å². The molecule has 6 N–H and O–H groups in total. The van der Waals surface area contributed by atoms with Gasteiger partial charge in [0.25, 0.3) is 0 Å². The number of nitrogens with one attached hydrogen (secondary N) is 4. The zero-order chi connectivity index (χ0) is 22.8. The van der Waals surface area contributed by atoms with Crippen LogP contribution in [0.15, 0.2) is 0 Å². The Labute approximate surface area is 195 Å². The van der Waals surface area contributed by atoms with Crippen LogP contribution in [0.2, 0.25) is 0 Å². The molecule has 0 saturated carbocycles. The third kappa shape index (κ3) is 15.6. The van der Waals surface area contributed by atoms with E-state index in [0.29, 0.717) is 38.3 Å². The fourth-order valence-corrected chi connectivity index (χ4v) is 4.16. The smallest absolute Gasteiger partial charge is 0.312 e. The highest BCUT2D eigenvalue weighted by Gasteiger charge is 2.19. The van der Waals surface area contributed by atoms with Gasteiger partial charge in [-0.25, -0.2) is 4.79 Å².